The van der Waals surface area contributed by atoms with Crippen molar-refractivity contribution in [3.63, 3.8) is 0 Å². The Labute approximate surface area is 156 Å². The number of benzene rings is 2. The molecule has 0 radical (unpaired) electrons. The highest BCUT2D eigenvalue weighted by Gasteiger charge is 2.19. The summed E-state index contributed by atoms with van der Waals surface area (Å²) in [5, 5.41) is 2.59. The van der Waals surface area contributed by atoms with Crippen molar-refractivity contribution in [2.24, 2.45) is 0 Å². The highest BCUT2D eigenvalue weighted by atomic mass is 35.5. The van der Waals surface area contributed by atoms with Gasteiger partial charge >= 0.3 is 5.97 Å². The second kappa shape index (κ2) is 9.20. The first-order chi connectivity index (χ1) is 12.4. The molecule has 0 spiro atoms. The number of hydrogen-bond acceptors (Lipinski definition) is 4. The number of rotatable bonds is 7. The lowest BCUT2D eigenvalue weighted by molar-refractivity contribution is -0.153. The third kappa shape index (κ3) is 5.74. The molecular formula is C19H19ClFNO4. The van der Waals surface area contributed by atoms with Crippen LogP contribution in [0.5, 0.6) is 5.75 Å². The number of hydrogen-bond donors (Lipinski definition) is 1. The molecule has 0 aromatic heterocycles. The molecule has 7 heteroatoms. The third-order valence-electron chi connectivity index (χ3n) is 3.64. The number of esters is 1. The van der Waals surface area contributed by atoms with Gasteiger partial charge in [-0.1, -0.05) is 23.7 Å². The van der Waals surface area contributed by atoms with Crippen LogP contribution < -0.4 is 10.1 Å². The van der Waals surface area contributed by atoms with E-state index in [4.69, 9.17) is 21.1 Å². The number of nitrogens with one attached hydrogen (secondary N) is 1. The first-order valence-electron chi connectivity index (χ1n) is 7.97. The normalized spacial score (nSPS) is 11.5. The van der Waals surface area contributed by atoms with Gasteiger partial charge in [0.05, 0.1) is 12.8 Å². The summed E-state index contributed by atoms with van der Waals surface area (Å²) >= 11 is 5.66. The summed E-state index contributed by atoms with van der Waals surface area (Å²) in [6, 6.07) is 11.2. The molecule has 2 rings (SSSR count). The van der Waals surface area contributed by atoms with E-state index >= 15 is 0 Å². The Morgan fingerprint density at radius 3 is 2.50 bits per heavy atom. The predicted octanol–water partition coefficient (Wildman–Crippen LogP) is 3.99. The Hall–Kier alpha value is -2.60. The molecule has 0 aliphatic carbocycles. The molecule has 1 N–H and O–H groups in total. The Morgan fingerprint density at radius 1 is 1.19 bits per heavy atom. The van der Waals surface area contributed by atoms with Crippen LogP contribution in [0.2, 0.25) is 5.02 Å². The molecule has 2 aromatic rings. The van der Waals surface area contributed by atoms with E-state index in [1.54, 1.807) is 19.2 Å². The molecule has 0 heterocycles. The standard InChI is InChI=1S/C19H19ClFNO4/c1-12(19(24)22-17-9-6-14(20)11-16(17)21)26-18(23)10-5-13-3-7-15(25-2)8-4-13/h3-4,6-9,11-12H,5,10H2,1-2H3,(H,22,24)/t12-/m0/s1. The Bertz CT molecular complexity index is 780. The van der Waals surface area contributed by atoms with Gasteiger partial charge in [-0.3, -0.25) is 9.59 Å². The molecule has 1 atom stereocenters. The SMILES string of the molecule is COc1ccc(CCC(=O)O[C@@H](C)C(=O)Nc2ccc(Cl)cc2F)cc1. The molecule has 0 bridgehead atoms. The van der Waals surface area contributed by atoms with Crippen LogP contribution in [0.25, 0.3) is 0 Å². The lowest BCUT2D eigenvalue weighted by Crippen LogP contribution is -2.30. The quantitative estimate of drug-likeness (QED) is 0.739. The van der Waals surface area contributed by atoms with Crippen LogP contribution in [-0.4, -0.2) is 25.1 Å². The molecule has 5 nitrogen and oxygen atoms in total. The van der Waals surface area contributed by atoms with E-state index in [2.05, 4.69) is 5.32 Å². The van der Waals surface area contributed by atoms with Crippen molar-refractivity contribution < 1.29 is 23.5 Å². The van der Waals surface area contributed by atoms with Crippen molar-refractivity contribution in [3.05, 3.63) is 58.9 Å². The van der Waals surface area contributed by atoms with Crippen molar-refractivity contribution >= 4 is 29.2 Å². The van der Waals surface area contributed by atoms with Gasteiger partial charge in [0.25, 0.3) is 5.91 Å². The van der Waals surface area contributed by atoms with Gasteiger partial charge in [0.15, 0.2) is 6.10 Å². The maximum atomic E-state index is 13.7. The van der Waals surface area contributed by atoms with E-state index < -0.39 is 23.8 Å². The molecule has 0 saturated heterocycles. The van der Waals surface area contributed by atoms with Crippen molar-refractivity contribution in [2.75, 3.05) is 12.4 Å². The molecule has 0 aliphatic rings. The number of amides is 1. The minimum atomic E-state index is -1.05. The molecule has 138 valence electrons. The minimum Gasteiger partial charge on any atom is -0.497 e. The fraction of sp³-hybridized carbons (Fsp3) is 0.263. The van der Waals surface area contributed by atoms with Crippen LogP contribution in [-0.2, 0) is 20.7 Å². The summed E-state index contributed by atoms with van der Waals surface area (Å²) in [4.78, 5) is 23.9. The highest BCUT2D eigenvalue weighted by molar-refractivity contribution is 6.30. The topological polar surface area (TPSA) is 64.6 Å². The van der Waals surface area contributed by atoms with E-state index in [9.17, 15) is 14.0 Å². The first-order valence-corrected chi connectivity index (χ1v) is 8.35. The number of ether oxygens (including phenoxy) is 2. The van der Waals surface area contributed by atoms with Crippen LogP contribution in [0.15, 0.2) is 42.5 Å². The fourth-order valence-electron chi connectivity index (χ4n) is 2.17. The molecule has 0 aliphatic heterocycles. The molecule has 2 aromatic carbocycles. The number of anilines is 1. The molecule has 0 fully saturated rings. The monoisotopic (exact) mass is 379 g/mol. The summed E-state index contributed by atoms with van der Waals surface area (Å²) in [6.07, 6.45) is -0.448. The molecule has 0 saturated carbocycles. The summed E-state index contributed by atoms with van der Waals surface area (Å²) in [5.74, 6) is -1.07. The van der Waals surface area contributed by atoms with Gasteiger partial charge in [-0.25, -0.2) is 4.39 Å². The summed E-state index contributed by atoms with van der Waals surface area (Å²) in [6.45, 7) is 1.43. The smallest absolute Gasteiger partial charge is 0.306 e. The van der Waals surface area contributed by atoms with E-state index in [-0.39, 0.29) is 17.1 Å². The average Bonchev–Trinajstić information content (AvgIpc) is 2.62. The van der Waals surface area contributed by atoms with Crippen molar-refractivity contribution in [1.29, 1.82) is 0 Å². The number of aryl methyl sites for hydroxylation is 1. The van der Waals surface area contributed by atoms with Crippen molar-refractivity contribution in [2.45, 2.75) is 25.9 Å². The van der Waals surface area contributed by atoms with E-state index in [1.165, 1.54) is 19.1 Å². The Kier molecular flexibility index (Phi) is 6.97. The zero-order chi connectivity index (χ0) is 19.1. The van der Waals surface area contributed by atoms with E-state index in [0.29, 0.717) is 6.42 Å². The molecule has 26 heavy (non-hydrogen) atoms. The first kappa shape index (κ1) is 19.7. The van der Waals surface area contributed by atoms with E-state index in [1.807, 2.05) is 12.1 Å². The van der Waals surface area contributed by atoms with Crippen LogP contribution >= 0.6 is 11.6 Å². The van der Waals surface area contributed by atoms with Gasteiger partial charge in [0.1, 0.15) is 11.6 Å². The van der Waals surface area contributed by atoms with E-state index in [0.717, 1.165) is 17.4 Å². The maximum absolute atomic E-state index is 13.7. The van der Waals surface area contributed by atoms with Gasteiger partial charge in [-0.2, -0.15) is 0 Å². The summed E-state index contributed by atoms with van der Waals surface area (Å²) < 4.78 is 23.8. The van der Waals surface area contributed by atoms with Crippen molar-refractivity contribution in [3.8, 4) is 5.75 Å². The zero-order valence-electron chi connectivity index (χ0n) is 14.4. The lowest BCUT2D eigenvalue weighted by atomic mass is 10.1. The largest absolute Gasteiger partial charge is 0.497 e. The number of carbonyl (C=O) groups excluding carboxylic acids is 2. The highest BCUT2D eigenvalue weighted by Crippen LogP contribution is 2.19. The third-order valence-corrected chi connectivity index (χ3v) is 3.88. The van der Waals surface area contributed by atoms with Gasteiger partial charge in [-0.05, 0) is 49.2 Å². The molecule has 1 amide bonds. The second-order valence-electron chi connectivity index (χ2n) is 5.59. The zero-order valence-corrected chi connectivity index (χ0v) is 15.2. The predicted molar refractivity (Wildman–Crippen MR) is 96.9 cm³/mol. The Morgan fingerprint density at radius 2 is 1.88 bits per heavy atom. The van der Waals surface area contributed by atoms with Gasteiger partial charge in [-0.15, -0.1) is 0 Å². The number of methoxy groups -OCH3 is 1. The van der Waals surface area contributed by atoms with Crippen LogP contribution in [0.4, 0.5) is 10.1 Å². The van der Waals surface area contributed by atoms with Gasteiger partial charge in [0, 0.05) is 11.4 Å². The van der Waals surface area contributed by atoms with Crippen LogP contribution in [0.3, 0.4) is 0 Å². The lowest BCUT2D eigenvalue weighted by Gasteiger charge is -2.14. The van der Waals surface area contributed by atoms with Gasteiger partial charge < -0.3 is 14.8 Å². The number of halogens is 2. The maximum Gasteiger partial charge on any atom is 0.306 e. The summed E-state index contributed by atoms with van der Waals surface area (Å²) in [5.41, 5.74) is 0.920. The summed E-state index contributed by atoms with van der Waals surface area (Å²) in [7, 11) is 1.58. The van der Waals surface area contributed by atoms with Crippen molar-refractivity contribution in [1.82, 2.24) is 0 Å². The van der Waals surface area contributed by atoms with Gasteiger partial charge in [0.2, 0.25) is 0 Å². The number of carbonyl (C=O) groups is 2. The van der Waals surface area contributed by atoms with Crippen LogP contribution in [0.1, 0.15) is 18.9 Å². The molecular weight excluding hydrogens is 361 g/mol. The fourth-order valence-corrected chi connectivity index (χ4v) is 2.33. The second-order valence-corrected chi connectivity index (χ2v) is 6.03. The average molecular weight is 380 g/mol. The van der Waals surface area contributed by atoms with Crippen LogP contribution in [0, 0.1) is 5.82 Å². The Balaban J connectivity index is 1.82. The minimum absolute atomic E-state index is 0.0273. The molecule has 0 unspecified atom stereocenters.